The van der Waals surface area contributed by atoms with Crippen molar-refractivity contribution >= 4 is 5.69 Å². The standard InChI is InChI=1S/C15H23FN2/c1-11(2)18(10-12-3-4-12)15-6-5-14(16)9-13(15)7-8-17/h5-6,9,11-12H,3-4,7-8,10,17H2,1-2H3. The Morgan fingerprint density at radius 1 is 1.39 bits per heavy atom. The third-order valence-corrected chi connectivity index (χ3v) is 3.54. The molecular weight excluding hydrogens is 227 g/mol. The van der Waals surface area contributed by atoms with Crippen LogP contribution in [0.5, 0.6) is 0 Å². The van der Waals surface area contributed by atoms with Gasteiger partial charge in [-0.1, -0.05) is 0 Å². The number of nitrogens with zero attached hydrogens (tertiary/aromatic N) is 1. The van der Waals surface area contributed by atoms with Crippen molar-refractivity contribution in [3.05, 3.63) is 29.6 Å². The predicted octanol–water partition coefficient (Wildman–Crippen LogP) is 2.95. The molecule has 0 unspecified atom stereocenters. The van der Waals surface area contributed by atoms with Crippen LogP contribution in [-0.2, 0) is 6.42 Å². The predicted molar refractivity (Wildman–Crippen MR) is 74.4 cm³/mol. The molecular formula is C15H23FN2. The highest BCUT2D eigenvalue weighted by molar-refractivity contribution is 5.55. The minimum absolute atomic E-state index is 0.169. The van der Waals surface area contributed by atoms with E-state index >= 15 is 0 Å². The van der Waals surface area contributed by atoms with E-state index in [1.165, 1.54) is 12.8 Å². The Hall–Kier alpha value is -1.09. The van der Waals surface area contributed by atoms with E-state index in [4.69, 9.17) is 5.73 Å². The third kappa shape index (κ3) is 3.22. The van der Waals surface area contributed by atoms with E-state index in [1.54, 1.807) is 12.1 Å². The van der Waals surface area contributed by atoms with E-state index in [0.717, 1.165) is 30.1 Å². The molecule has 1 fully saturated rings. The molecule has 18 heavy (non-hydrogen) atoms. The fraction of sp³-hybridized carbons (Fsp3) is 0.600. The molecule has 2 N–H and O–H groups in total. The van der Waals surface area contributed by atoms with Crippen LogP contribution in [0, 0.1) is 11.7 Å². The summed E-state index contributed by atoms with van der Waals surface area (Å²) < 4.78 is 13.4. The van der Waals surface area contributed by atoms with Gasteiger partial charge in [-0.25, -0.2) is 4.39 Å². The zero-order valence-electron chi connectivity index (χ0n) is 11.3. The number of benzene rings is 1. The lowest BCUT2D eigenvalue weighted by molar-refractivity contribution is 0.618. The molecule has 0 saturated heterocycles. The zero-order valence-corrected chi connectivity index (χ0v) is 11.3. The van der Waals surface area contributed by atoms with E-state index < -0.39 is 0 Å². The number of hydrogen-bond donors (Lipinski definition) is 1. The van der Waals surface area contributed by atoms with Gasteiger partial charge in [0, 0.05) is 18.3 Å². The van der Waals surface area contributed by atoms with Crippen LogP contribution in [-0.4, -0.2) is 19.1 Å². The van der Waals surface area contributed by atoms with Gasteiger partial charge >= 0.3 is 0 Å². The molecule has 0 heterocycles. The van der Waals surface area contributed by atoms with Gasteiger partial charge in [0.2, 0.25) is 0 Å². The molecule has 1 saturated carbocycles. The maximum absolute atomic E-state index is 13.4. The van der Waals surface area contributed by atoms with E-state index in [0.29, 0.717) is 12.6 Å². The Morgan fingerprint density at radius 2 is 2.11 bits per heavy atom. The lowest BCUT2D eigenvalue weighted by Crippen LogP contribution is -2.33. The van der Waals surface area contributed by atoms with Crippen molar-refractivity contribution in [3.8, 4) is 0 Å². The van der Waals surface area contributed by atoms with Crippen LogP contribution in [0.1, 0.15) is 32.3 Å². The second-order valence-corrected chi connectivity index (χ2v) is 5.50. The Kier molecular flexibility index (Phi) is 4.23. The topological polar surface area (TPSA) is 29.3 Å². The largest absolute Gasteiger partial charge is 0.369 e. The van der Waals surface area contributed by atoms with Crippen molar-refractivity contribution in [1.29, 1.82) is 0 Å². The maximum atomic E-state index is 13.4. The lowest BCUT2D eigenvalue weighted by atomic mass is 10.1. The number of anilines is 1. The molecule has 2 nitrogen and oxygen atoms in total. The Bertz CT molecular complexity index is 399. The fourth-order valence-electron chi connectivity index (χ4n) is 2.36. The van der Waals surface area contributed by atoms with Gasteiger partial charge < -0.3 is 10.6 Å². The van der Waals surface area contributed by atoms with Crippen molar-refractivity contribution in [3.63, 3.8) is 0 Å². The zero-order chi connectivity index (χ0) is 13.1. The molecule has 0 atom stereocenters. The number of rotatable bonds is 6. The first-order valence-corrected chi connectivity index (χ1v) is 6.87. The first-order valence-electron chi connectivity index (χ1n) is 6.87. The minimum Gasteiger partial charge on any atom is -0.369 e. The molecule has 1 aromatic carbocycles. The fourth-order valence-corrected chi connectivity index (χ4v) is 2.36. The van der Waals surface area contributed by atoms with Crippen LogP contribution in [0.15, 0.2) is 18.2 Å². The Morgan fingerprint density at radius 3 is 2.67 bits per heavy atom. The molecule has 0 radical (unpaired) electrons. The molecule has 0 amide bonds. The maximum Gasteiger partial charge on any atom is 0.123 e. The number of hydrogen-bond acceptors (Lipinski definition) is 2. The molecule has 0 bridgehead atoms. The molecule has 100 valence electrons. The molecule has 2 rings (SSSR count). The smallest absolute Gasteiger partial charge is 0.123 e. The normalized spacial score (nSPS) is 15.2. The molecule has 0 spiro atoms. The summed E-state index contributed by atoms with van der Waals surface area (Å²) in [6, 6.07) is 5.53. The van der Waals surface area contributed by atoms with Crippen LogP contribution < -0.4 is 10.6 Å². The van der Waals surface area contributed by atoms with Crippen molar-refractivity contribution < 1.29 is 4.39 Å². The van der Waals surface area contributed by atoms with E-state index in [-0.39, 0.29) is 5.82 Å². The average molecular weight is 250 g/mol. The molecule has 3 heteroatoms. The highest BCUT2D eigenvalue weighted by Gasteiger charge is 2.26. The first kappa shape index (κ1) is 13.3. The first-order chi connectivity index (χ1) is 8.61. The van der Waals surface area contributed by atoms with Crippen LogP contribution in [0.25, 0.3) is 0 Å². The Labute approximate surface area is 109 Å². The monoisotopic (exact) mass is 250 g/mol. The SMILES string of the molecule is CC(C)N(CC1CC1)c1ccc(F)cc1CCN. The number of halogens is 1. The molecule has 0 aromatic heterocycles. The summed E-state index contributed by atoms with van der Waals surface area (Å²) >= 11 is 0. The Balaban J connectivity index is 2.26. The second kappa shape index (κ2) is 5.70. The quantitative estimate of drug-likeness (QED) is 0.841. The van der Waals surface area contributed by atoms with E-state index in [2.05, 4.69) is 18.7 Å². The van der Waals surface area contributed by atoms with Gasteiger partial charge in [0.1, 0.15) is 5.82 Å². The van der Waals surface area contributed by atoms with Gasteiger partial charge in [0.25, 0.3) is 0 Å². The van der Waals surface area contributed by atoms with Crippen LogP contribution in [0.2, 0.25) is 0 Å². The van der Waals surface area contributed by atoms with Crippen LogP contribution >= 0.6 is 0 Å². The highest BCUT2D eigenvalue weighted by Crippen LogP contribution is 2.33. The summed E-state index contributed by atoms with van der Waals surface area (Å²) in [5.41, 5.74) is 7.82. The average Bonchev–Trinajstić information content (AvgIpc) is 3.11. The van der Waals surface area contributed by atoms with Gasteiger partial charge in [0.15, 0.2) is 0 Å². The molecule has 1 aliphatic carbocycles. The van der Waals surface area contributed by atoms with Crippen molar-refractivity contribution in [2.24, 2.45) is 11.7 Å². The molecule has 1 aromatic rings. The van der Waals surface area contributed by atoms with Crippen molar-refractivity contribution in [1.82, 2.24) is 0 Å². The third-order valence-electron chi connectivity index (χ3n) is 3.54. The molecule has 0 aliphatic heterocycles. The summed E-state index contributed by atoms with van der Waals surface area (Å²) in [6.07, 6.45) is 3.40. The number of nitrogens with two attached hydrogens (primary N) is 1. The summed E-state index contributed by atoms with van der Waals surface area (Å²) in [7, 11) is 0. The van der Waals surface area contributed by atoms with Gasteiger partial charge in [-0.15, -0.1) is 0 Å². The van der Waals surface area contributed by atoms with Gasteiger partial charge in [-0.05, 0) is 69.3 Å². The second-order valence-electron chi connectivity index (χ2n) is 5.50. The summed E-state index contributed by atoms with van der Waals surface area (Å²) in [6.45, 7) is 6.03. The van der Waals surface area contributed by atoms with Gasteiger partial charge in [-0.3, -0.25) is 0 Å². The van der Waals surface area contributed by atoms with Crippen LogP contribution in [0.4, 0.5) is 10.1 Å². The lowest BCUT2D eigenvalue weighted by Gasteiger charge is -2.31. The van der Waals surface area contributed by atoms with Gasteiger partial charge in [-0.2, -0.15) is 0 Å². The van der Waals surface area contributed by atoms with Gasteiger partial charge in [0.05, 0.1) is 0 Å². The minimum atomic E-state index is -0.169. The summed E-state index contributed by atoms with van der Waals surface area (Å²) in [5.74, 6) is 0.653. The highest BCUT2D eigenvalue weighted by atomic mass is 19.1. The van der Waals surface area contributed by atoms with Crippen molar-refractivity contribution in [2.75, 3.05) is 18.0 Å². The van der Waals surface area contributed by atoms with Crippen molar-refractivity contribution in [2.45, 2.75) is 39.2 Å². The summed E-state index contributed by atoms with van der Waals surface area (Å²) in [4.78, 5) is 2.39. The van der Waals surface area contributed by atoms with E-state index in [1.807, 2.05) is 6.07 Å². The van der Waals surface area contributed by atoms with E-state index in [9.17, 15) is 4.39 Å². The summed E-state index contributed by atoms with van der Waals surface area (Å²) in [5, 5.41) is 0. The molecule has 1 aliphatic rings. The van der Waals surface area contributed by atoms with Crippen LogP contribution in [0.3, 0.4) is 0 Å².